The number of ether oxygens (including phenoxy) is 1. The van der Waals surface area contributed by atoms with Gasteiger partial charge in [0.15, 0.2) is 0 Å². The van der Waals surface area contributed by atoms with Gasteiger partial charge in [-0.1, -0.05) is 0 Å². The summed E-state index contributed by atoms with van der Waals surface area (Å²) in [4.78, 5) is 23.7. The number of methoxy groups -OCH3 is 1. The molecule has 0 aliphatic heterocycles. The number of amides is 1. The molecule has 122 valence electrons. The smallest absolute Gasteiger partial charge is 0.337 e. The fourth-order valence-corrected chi connectivity index (χ4v) is 2.44. The number of aromatic nitrogens is 2. The molecule has 6 nitrogen and oxygen atoms in total. The average molecular weight is 315 g/mol. The van der Waals surface area contributed by atoms with Gasteiger partial charge in [0, 0.05) is 23.4 Å². The maximum atomic E-state index is 12.3. The topological polar surface area (TPSA) is 73.2 Å². The van der Waals surface area contributed by atoms with E-state index in [1.165, 1.54) is 7.11 Å². The lowest BCUT2D eigenvalue weighted by Crippen LogP contribution is -2.27. The molecule has 1 heterocycles. The highest BCUT2D eigenvalue weighted by Crippen LogP contribution is 2.17. The zero-order valence-electron chi connectivity index (χ0n) is 13.8. The molecular formula is C17H21N3O3. The Hall–Kier alpha value is -2.63. The van der Waals surface area contributed by atoms with E-state index in [9.17, 15) is 9.59 Å². The Labute approximate surface area is 135 Å². The van der Waals surface area contributed by atoms with Crippen LogP contribution < -0.4 is 5.32 Å². The number of hydrogen-bond acceptors (Lipinski definition) is 4. The second-order valence-electron chi connectivity index (χ2n) is 5.27. The van der Waals surface area contributed by atoms with Crippen LogP contribution in [0.3, 0.4) is 0 Å². The Morgan fingerprint density at radius 3 is 2.39 bits per heavy atom. The summed E-state index contributed by atoms with van der Waals surface area (Å²) in [6.45, 7) is 6.72. The van der Waals surface area contributed by atoms with Gasteiger partial charge in [-0.3, -0.25) is 9.48 Å². The van der Waals surface area contributed by atoms with Crippen LogP contribution in [0.5, 0.6) is 0 Å². The molecule has 0 bridgehead atoms. The molecule has 1 N–H and O–H groups in total. The third-order valence-electron chi connectivity index (χ3n) is 3.82. The van der Waals surface area contributed by atoms with E-state index in [1.807, 2.05) is 25.5 Å². The van der Waals surface area contributed by atoms with E-state index in [4.69, 9.17) is 0 Å². The molecule has 2 aromatic rings. The summed E-state index contributed by atoms with van der Waals surface area (Å²) in [5.41, 5.74) is 2.94. The van der Waals surface area contributed by atoms with E-state index in [1.54, 1.807) is 30.5 Å². The molecule has 0 fully saturated rings. The molecular weight excluding hydrogens is 294 g/mol. The maximum absolute atomic E-state index is 12.3. The Morgan fingerprint density at radius 2 is 1.87 bits per heavy atom. The SMILES string of the molecule is CCn1ncc(C(C)NC(=O)c2ccc(C(=O)OC)cc2)c1C. The number of rotatable bonds is 5. The van der Waals surface area contributed by atoms with E-state index < -0.39 is 5.97 Å². The van der Waals surface area contributed by atoms with Crippen LogP contribution in [0.4, 0.5) is 0 Å². The van der Waals surface area contributed by atoms with Crippen molar-refractivity contribution in [2.24, 2.45) is 0 Å². The van der Waals surface area contributed by atoms with Crippen molar-refractivity contribution in [2.45, 2.75) is 33.4 Å². The van der Waals surface area contributed by atoms with Crippen molar-refractivity contribution in [3.63, 3.8) is 0 Å². The monoisotopic (exact) mass is 315 g/mol. The van der Waals surface area contributed by atoms with Gasteiger partial charge in [0.25, 0.3) is 5.91 Å². The van der Waals surface area contributed by atoms with Gasteiger partial charge in [0.2, 0.25) is 0 Å². The Bertz CT molecular complexity index is 704. The van der Waals surface area contributed by atoms with Gasteiger partial charge < -0.3 is 10.1 Å². The van der Waals surface area contributed by atoms with Crippen LogP contribution in [0, 0.1) is 6.92 Å². The van der Waals surface area contributed by atoms with Gasteiger partial charge >= 0.3 is 5.97 Å². The van der Waals surface area contributed by atoms with Crippen LogP contribution in [0.2, 0.25) is 0 Å². The van der Waals surface area contributed by atoms with Gasteiger partial charge in [0.1, 0.15) is 0 Å². The van der Waals surface area contributed by atoms with Crippen LogP contribution >= 0.6 is 0 Å². The molecule has 0 aliphatic rings. The summed E-state index contributed by atoms with van der Waals surface area (Å²) in [7, 11) is 1.32. The molecule has 1 unspecified atom stereocenters. The van der Waals surface area contributed by atoms with Crippen LogP contribution in [-0.4, -0.2) is 28.8 Å². The van der Waals surface area contributed by atoms with E-state index >= 15 is 0 Å². The van der Waals surface area contributed by atoms with Crippen LogP contribution in [0.15, 0.2) is 30.5 Å². The molecule has 1 amide bonds. The van der Waals surface area contributed by atoms with Gasteiger partial charge in [-0.05, 0) is 45.0 Å². The second-order valence-corrected chi connectivity index (χ2v) is 5.27. The minimum Gasteiger partial charge on any atom is -0.465 e. The van der Waals surface area contributed by atoms with E-state index in [0.717, 1.165) is 17.8 Å². The normalized spacial score (nSPS) is 11.8. The first-order chi connectivity index (χ1) is 11.0. The number of benzene rings is 1. The number of hydrogen-bond donors (Lipinski definition) is 1. The number of nitrogens with zero attached hydrogens (tertiary/aromatic N) is 2. The zero-order valence-corrected chi connectivity index (χ0v) is 13.8. The zero-order chi connectivity index (χ0) is 17.0. The Kier molecular flexibility index (Phi) is 5.16. The first kappa shape index (κ1) is 16.7. The summed E-state index contributed by atoms with van der Waals surface area (Å²) in [5.74, 6) is -0.620. The van der Waals surface area contributed by atoms with E-state index in [-0.39, 0.29) is 11.9 Å². The molecule has 0 saturated carbocycles. The number of aryl methyl sites for hydroxylation is 1. The third-order valence-corrected chi connectivity index (χ3v) is 3.82. The molecule has 1 aromatic carbocycles. The molecule has 6 heteroatoms. The van der Waals surface area contributed by atoms with Gasteiger partial charge in [0.05, 0.1) is 24.9 Å². The molecule has 0 radical (unpaired) electrons. The molecule has 0 aliphatic carbocycles. The van der Waals surface area contributed by atoms with Gasteiger partial charge in [-0.2, -0.15) is 5.10 Å². The molecule has 1 atom stereocenters. The number of esters is 1. The summed E-state index contributed by atoms with van der Waals surface area (Å²) in [5, 5.41) is 7.23. The van der Waals surface area contributed by atoms with Gasteiger partial charge in [-0.15, -0.1) is 0 Å². The fourth-order valence-electron chi connectivity index (χ4n) is 2.44. The van der Waals surface area contributed by atoms with Crippen molar-refractivity contribution >= 4 is 11.9 Å². The number of carbonyl (C=O) groups excluding carboxylic acids is 2. The van der Waals surface area contributed by atoms with E-state index in [2.05, 4.69) is 15.2 Å². The third kappa shape index (κ3) is 3.59. The number of carbonyl (C=O) groups is 2. The summed E-state index contributed by atoms with van der Waals surface area (Å²) in [6, 6.07) is 6.22. The molecule has 23 heavy (non-hydrogen) atoms. The highest BCUT2D eigenvalue weighted by Gasteiger charge is 2.16. The van der Waals surface area contributed by atoms with Gasteiger partial charge in [-0.25, -0.2) is 4.79 Å². The number of nitrogens with one attached hydrogen (secondary N) is 1. The predicted molar refractivity (Wildman–Crippen MR) is 86.3 cm³/mol. The Balaban J connectivity index is 2.09. The van der Waals surface area contributed by atoms with E-state index in [0.29, 0.717) is 11.1 Å². The first-order valence-corrected chi connectivity index (χ1v) is 7.49. The van der Waals surface area contributed by atoms with Crippen molar-refractivity contribution in [1.82, 2.24) is 15.1 Å². The highest BCUT2D eigenvalue weighted by atomic mass is 16.5. The Morgan fingerprint density at radius 1 is 1.26 bits per heavy atom. The minimum atomic E-state index is -0.423. The minimum absolute atomic E-state index is 0.150. The summed E-state index contributed by atoms with van der Waals surface area (Å²) < 4.78 is 6.53. The van der Waals surface area contributed by atoms with Crippen molar-refractivity contribution in [3.8, 4) is 0 Å². The van der Waals surface area contributed by atoms with Crippen molar-refractivity contribution in [2.75, 3.05) is 7.11 Å². The predicted octanol–water partition coefficient (Wildman–Crippen LogP) is 2.49. The maximum Gasteiger partial charge on any atom is 0.337 e. The lowest BCUT2D eigenvalue weighted by Gasteiger charge is -2.14. The summed E-state index contributed by atoms with van der Waals surface area (Å²) >= 11 is 0. The summed E-state index contributed by atoms with van der Waals surface area (Å²) in [6.07, 6.45) is 1.78. The van der Waals surface area contributed by atoms with Crippen molar-refractivity contribution in [1.29, 1.82) is 0 Å². The average Bonchev–Trinajstić information content (AvgIpc) is 2.94. The van der Waals surface area contributed by atoms with Crippen LogP contribution in [-0.2, 0) is 11.3 Å². The fraction of sp³-hybridized carbons (Fsp3) is 0.353. The molecule has 0 saturated heterocycles. The molecule has 1 aromatic heterocycles. The highest BCUT2D eigenvalue weighted by molar-refractivity contribution is 5.96. The second kappa shape index (κ2) is 7.09. The van der Waals surface area contributed by atoms with Crippen molar-refractivity contribution < 1.29 is 14.3 Å². The molecule has 0 spiro atoms. The van der Waals surface area contributed by atoms with Crippen LogP contribution in [0.1, 0.15) is 51.9 Å². The standard InChI is InChI=1S/C17H21N3O3/c1-5-20-12(3)15(10-18-20)11(2)19-16(21)13-6-8-14(9-7-13)17(22)23-4/h6-11H,5H2,1-4H3,(H,19,21). The van der Waals surface area contributed by atoms with Crippen molar-refractivity contribution in [3.05, 3.63) is 52.8 Å². The quantitative estimate of drug-likeness (QED) is 0.860. The lowest BCUT2D eigenvalue weighted by molar-refractivity contribution is 0.0600. The first-order valence-electron chi connectivity index (χ1n) is 7.49. The van der Waals surface area contributed by atoms with Crippen LogP contribution in [0.25, 0.3) is 0 Å². The molecule has 2 rings (SSSR count). The lowest BCUT2D eigenvalue weighted by atomic mass is 10.1. The largest absolute Gasteiger partial charge is 0.465 e.